The van der Waals surface area contributed by atoms with E-state index in [-0.39, 0.29) is 0 Å². The van der Waals surface area contributed by atoms with Crippen LogP contribution in [0.5, 0.6) is 0 Å². The number of hydrogen-bond donors (Lipinski definition) is 0. The van der Waals surface area contributed by atoms with Crippen LogP contribution in [0, 0.1) is 0 Å². The van der Waals surface area contributed by atoms with Gasteiger partial charge in [0.1, 0.15) is 11.2 Å². The van der Waals surface area contributed by atoms with E-state index < -0.39 is 5.41 Å². The molecule has 0 N–H and O–H groups in total. The topological polar surface area (TPSA) is 61.7 Å². The molecule has 326 valence electrons. The van der Waals surface area contributed by atoms with E-state index in [0.717, 1.165) is 82.2 Å². The quantitative estimate of drug-likeness (QED) is 0.167. The van der Waals surface area contributed by atoms with E-state index in [1.807, 2.05) is 12.1 Å². The van der Waals surface area contributed by atoms with Gasteiger partial charge in [0.15, 0.2) is 5.82 Å². The molecule has 14 aromatic rings. The predicted molar refractivity (Wildman–Crippen MR) is 284 cm³/mol. The second-order valence-electron chi connectivity index (χ2n) is 18.3. The van der Waals surface area contributed by atoms with E-state index in [2.05, 4.69) is 234 Å². The number of benzene rings is 10. The fourth-order valence-corrected chi connectivity index (χ4v) is 11.8. The molecule has 1 aliphatic rings. The normalized spacial score (nSPS) is 13.0. The molecule has 0 spiro atoms. The molecule has 6 nitrogen and oxygen atoms in total. The lowest BCUT2D eigenvalue weighted by Crippen LogP contribution is -2.28. The number of nitrogens with zero attached hydrogens (tertiary/aromatic N) is 5. The van der Waals surface area contributed by atoms with E-state index in [0.29, 0.717) is 17.7 Å². The molecule has 4 heterocycles. The summed E-state index contributed by atoms with van der Waals surface area (Å²) in [5.41, 5.74) is 15.5. The molecular weight excluding hydrogens is 855 g/mol. The minimum absolute atomic E-state index is 0.518. The number of furan rings is 1. The van der Waals surface area contributed by atoms with Crippen LogP contribution in [0.2, 0.25) is 0 Å². The van der Waals surface area contributed by atoms with Gasteiger partial charge < -0.3 is 4.42 Å². The smallest absolute Gasteiger partial charge is 0.240 e. The Morgan fingerprint density at radius 2 is 0.871 bits per heavy atom. The maximum Gasteiger partial charge on any atom is 0.240 e. The van der Waals surface area contributed by atoms with Gasteiger partial charge in [0, 0.05) is 37.9 Å². The second-order valence-corrected chi connectivity index (χ2v) is 18.3. The maximum atomic E-state index is 6.69. The van der Waals surface area contributed by atoms with Crippen LogP contribution in [0.3, 0.4) is 0 Å². The van der Waals surface area contributed by atoms with Gasteiger partial charge >= 0.3 is 0 Å². The lowest BCUT2D eigenvalue weighted by Gasteiger charge is -2.34. The first-order valence-corrected chi connectivity index (χ1v) is 23.8. The van der Waals surface area contributed by atoms with Crippen molar-refractivity contribution >= 4 is 65.6 Å². The third-order valence-electron chi connectivity index (χ3n) is 14.7. The van der Waals surface area contributed by atoms with Crippen molar-refractivity contribution in [1.29, 1.82) is 0 Å². The van der Waals surface area contributed by atoms with Crippen LogP contribution < -0.4 is 0 Å². The molecule has 4 aromatic heterocycles. The molecule has 1 aliphatic carbocycles. The number of rotatable bonds is 6. The van der Waals surface area contributed by atoms with Gasteiger partial charge in [-0.2, -0.15) is 15.0 Å². The molecule has 0 amide bonds. The predicted octanol–water partition coefficient (Wildman–Crippen LogP) is 15.7. The van der Waals surface area contributed by atoms with Crippen molar-refractivity contribution in [3.8, 4) is 45.5 Å². The Morgan fingerprint density at radius 3 is 1.53 bits per heavy atom. The van der Waals surface area contributed by atoms with Crippen LogP contribution in [0.1, 0.15) is 22.3 Å². The molecule has 0 bridgehead atoms. The summed E-state index contributed by atoms with van der Waals surface area (Å²) in [4.78, 5) is 16.5. The van der Waals surface area contributed by atoms with Gasteiger partial charge in [-0.05, 0) is 93.0 Å². The van der Waals surface area contributed by atoms with Gasteiger partial charge in [0.25, 0.3) is 0 Å². The largest absolute Gasteiger partial charge is 0.456 e. The van der Waals surface area contributed by atoms with Crippen LogP contribution in [0.15, 0.2) is 241 Å². The van der Waals surface area contributed by atoms with Gasteiger partial charge in [-0.1, -0.05) is 188 Å². The Morgan fingerprint density at radius 1 is 0.329 bits per heavy atom. The summed E-state index contributed by atoms with van der Waals surface area (Å²) >= 11 is 0. The van der Waals surface area contributed by atoms with Gasteiger partial charge in [-0.3, -0.25) is 9.13 Å². The lowest BCUT2D eigenvalue weighted by atomic mass is 9.67. The Labute approximate surface area is 402 Å². The fraction of sp³-hybridized carbons (Fsp3) is 0.0156. The van der Waals surface area contributed by atoms with Crippen LogP contribution in [0.25, 0.3) is 111 Å². The van der Waals surface area contributed by atoms with Gasteiger partial charge in [-0.25, -0.2) is 0 Å². The number of para-hydroxylation sites is 3. The first kappa shape index (κ1) is 38.7. The molecule has 15 rings (SSSR count). The van der Waals surface area contributed by atoms with Gasteiger partial charge in [0.2, 0.25) is 11.9 Å². The summed E-state index contributed by atoms with van der Waals surface area (Å²) in [6.07, 6.45) is 0. The number of aromatic nitrogens is 5. The van der Waals surface area contributed by atoms with Crippen molar-refractivity contribution in [1.82, 2.24) is 24.1 Å². The minimum atomic E-state index is -0.593. The van der Waals surface area contributed by atoms with Crippen LogP contribution >= 0.6 is 0 Å². The molecule has 0 aliphatic heterocycles. The second kappa shape index (κ2) is 14.8. The molecule has 0 saturated carbocycles. The molecule has 0 fully saturated rings. The zero-order valence-corrected chi connectivity index (χ0v) is 37.7. The highest BCUT2D eigenvalue weighted by molar-refractivity contribution is 6.14. The first-order valence-electron chi connectivity index (χ1n) is 23.8. The third-order valence-corrected chi connectivity index (χ3v) is 14.7. The van der Waals surface area contributed by atoms with Crippen LogP contribution in [0.4, 0.5) is 0 Å². The highest BCUT2D eigenvalue weighted by Crippen LogP contribution is 2.57. The Balaban J connectivity index is 1.03. The van der Waals surface area contributed by atoms with E-state index in [1.54, 1.807) is 0 Å². The standard InChI is InChI=1S/C64H39N5O/c1-4-19-40(20-5-1)44-29-18-34-58-60(44)49-36-35-41(37-59(49)70-58)61-65-62(68-54-31-15-11-26-46(54)47-27-12-16-32-55(47)68)67-63(66-61)69-56-33-17-13-28-48(56)51-38-50-45-25-10-14-30-52(45)64(53(50)39-57(51)69,42-21-6-2-7-22-42)43-23-8-3-9-24-43/h1-39H. The average molecular weight is 894 g/mol. The third kappa shape index (κ3) is 5.41. The summed E-state index contributed by atoms with van der Waals surface area (Å²) in [6, 6.07) is 84.4. The van der Waals surface area contributed by atoms with Crippen molar-refractivity contribution < 1.29 is 4.42 Å². The van der Waals surface area contributed by atoms with Crippen molar-refractivity contribution in [3.63, 3.8) is 0 Å². The summed E-state index contributed by atoms with van der Waals surface area (Å²) in [6.45, 7) is 0. The average Bonchev–Trinajstić information content (AvgIpc) is 4.16. The SMILES string of the molecule is c1ccc(-c2cccc3oc4cc(-c5nc(-n6c7ccccc7c7ccccc76)nc(-n6c7ccccc7c7cc8c(cc76)C(c6ccccc6)(c6ccccc6)c6ccccc6-8)n5)ccc4c23)cc1. The van der Waals surface area contributed by atoms with E-state index in [9.17, 15) is 0 Å². The summed E-state index contributed by atoms with van der Waals surface area (Å²) in [5, 5.41) is 6.62. The van der Waals surface area contributed by atoms with E-state index in [1.165, 1.54) is 33.4 Å². The van der Waals surface area contributed by atoms with Gasteiger partial charge in [-0.15, -0.1) is 0 Å². The number of hydrogen-bond acceptors (Lipinski definition) is 4. The monoisotopic (exact) mass is 893 g/mol. The molecule has 6 heteroatoms. The Bertz CT molecular complexity index is 4320. The van der Waals surface area contributed by atoms with Crippen molar-refractivity contribution in [2.75, 3.05) is 0 Å². The fourth-order valence-electron chi connectivity index (χ4n) is 11.8. The molecule has 10 aromatic carbocycles. The van der Waals surface area contributed by atoms with E-state index in [4.69, 9.17) is 19.4 Å². The molecule has 0 unspecified atom stereocenters. The van der Waals surface area contributed by atoms with Gasteiger partial charge in [0.05, 0.1) is 27.5 Å². The summed E-state index contributed by atoms with van der Waals surface area (Å²) in [5.74, 6) is 1.58. The van der Waals surface area contributed by atoms with E-state index >= 15 is 0 Å². The maximum absolute atomic E-state index is 6.69. The molecule has 0 radical (unpaired) electrons. The zero-order valence-electron chi connectivity index (χ0n) is 37.7. The highest BCUT2D eigenvalue weighted by Gasteiger charge is 2.46. The van der Waals surface area contributed by atoms with Crippen LogP contribution in [-0.4, -0.2) is 24.1 Å². The Kier molecular flexibility index (Phi) is 8.18. The molecular formula is C64H39N5O. The lowest BCUT2D eigenvalue weighted by molar-refractivity contribution is 0.669. The van der Waals surface area contributed by atoms with Crippen molar-refractivity contribution in [2.24, 2.45) is 0 Å². The molecule has 70 heavy (non-hydrogen) atoms. The molecule has 0 atom stereocenters. The minimum Gasteiger partial charge on any atom is -0.456 e. The zero-order chi connectivity index (χ0) is 45.9. The summed E-state index contributed by atoms with van der Waals surface area (Å²) < 4.78 is 11.1. The highest BCUT2D eigenvalue weighted by atomic mass is 16.3. The Hall–Kier alpha value is -9.39. The van der Waals surface area contributed by atoms with Crippen molar-refractivity contribution in [2.45, 2.75) is 5.41 Å². The summed E-state index contributed by atoms with van der Waals surface area (Å²) in [7, 11) is 0. The first-order chi connectivity index (χ1) is 34.7. The van der Waals surface area contributed by atoms with Crippen molar-refractivity contribution in [3.05, 3.63) is 259 Å². The number of fused-ring (bicyclic) bond motifs is 12. The molecule has 0 saturated heterocycles. The van der Waals surface area contributed by atoms with Crippen LogP contribution in [-0.2, 0) is 5.41 Å².